The highest BCUT2D eigenvalue weighted by molar-refractivity contribution is 7.89. The lowest BCUT2D eigenvalue weighted by Gasteiger charge is -2.19. The highest BCUT2D eigenvalue weighted by Crippen LogP contribution is 2.20. The summed E-state index contributed by atoms with van der Waals surface area (Å²) in [4.78, 5) is 19.7. The number of aromatic nitrogens is 2. The van der Waals surface area contributed by atoms with Crippen molar-refractivity contribution in [3.05, 3.63) is 59.7 Å². The molecule has 0 radical (unpaired) electrons. The van der Waals surface area contributed by atoms with Crippen LogP contribution in [0.15, 0.2) is 48.5 Å². The second-order valence-corrected chi connectivity index (χ2v) is 9.46. The van der Waals surface area contributed by atoms with Crippen LogP contribution in [-0.2, 0) is 22.1 Å². The molecule has 8 heteroatoms. The number of carbonyl (C=O) groups excluding carboxylic acids is 1. The van der Waals surface area contributed by atoms with Crippen molar-refractivity contribution in [3.63, 3.8) is 0 Å². The third-order valence-electron chi connectivity index (χ3n) is 5.06. The Balaban J connectivity index is 1.82. The van der Waals surface area contributed by atoms with E-state index < -0.39 is 9.84 Å². The second kappa shape index (κ2) is 9.40. The van der Waals surface area contributed by atoms with Gasteiger partial charge in [-0.15, -0.1) is 0 Å². The molecule has 160 valence electrons. The Morgan fingerprint density at radius 3 is 2.37 bits per heavy atom. The Morgan fingerprint density at radius 2 is 1.73 bits per heavy atom. The van der Waals surface area contributed by atoms with Crippen LogP contribution in [0.5, 0.6) is 0 Å². The zero-order valence-electron chi connectivity index (χ0n) is 17.6. The molecule has 1 amide bonds. The summed E-state index contributed by atoms with van der Waals surface area (Å²) in [5.41, 5.74) is 2.91. The van der Waals surface area contributed by atoms with Gasteiger partial charge in [0.1, 0.15) is 0 Å². The van der Waals surface area contributed by atoms with Crippen molar-refractivity contribution >= 4 is 32.7 Å². The lowest BCUT2D eigenvalue weighted by molar-refractivity contribution is 0.102. The molecule has 1 heterocycles. The van der Waals surface area contributed by atoms with Crippen LogP contribution in [0.3, 0.4) is 0 Å². The Hall–Kier alpha value is -2.71. The van der Waals surface area contributed by atoms with Crippen LogP contribution in [-0.4, -0.2) is 54.7 Å². The first-order valence-corrected chi connectivity index (χ1v) is 12.1. The summed E-state index contributed by atoms with van der Waals surface area (Å²) in [5.74, 6) is 0.185. The Morgan fingerprint density at radius 1 is 1.07 bits per heavy atom. The van der Waals surface area contributed by atoms with E-state index in [0.717, 1.165) is 30.7 Å². The number of hydrogen-bond donors (Lipinski definition) is 1. The van der Waals surface area contributed by atoms with Crippen molar-refractivity contribution in [2.24, 2.45) is 0 Å². The van der Waals surface area contributed by atoms with Gasteiger partial charge in [0.15, 0.2) is 9.84 Å². The van der Waals surface area contributed by atoms with Crippen molar-refractivity contribution < 1.29 is 13.2 Å². The monoisotopic (exact) mass is 428 g/mol. The average Bonchev–Trinajstić information content (AvgIpc) is 3.05. The maximum Gasteiger partial charge on any atom is 0.257 e. The fourth-order valence-electron chi connectivity index (χ4n) is 3.41. The van der Waals surface area contributed by atoms with E-state index in [1.165, 1.54) is 6.26 Å². The molecule has 2 aromatic carbocycles. The number of sulfone groups is 1. The van der Waals surface area contributed by atoms with Gasteiger partial charge in [0.05, 0.1) is 16.8 Å². The summed E-state index contributed by atoms with van der Waals surface area (Å²) in [6, 6.07) is 14.4. The van der Waals surface area contributed by atoms with Gasteiger partial charge < -0.3 is 9.47 Å². The lowest BCUT2D eigenvalue weighted by Crippen LogP contribution is -2.27. The van der Waals surface area contributed by atoms with E-state index in [0.29, 0.717) is 23.6 Å². The standard InChI is InChI=1S/C22H28N4O3S/c1-4-25(5-2)14-15-26-20-9-7-6-8-19(20)23-22(26)24-21(27)18-12-10-17(11-13-18)16-30(3,28)29/h6-13H,4-5,14-16H2,1-3H3,(H,23,24,27). The predicted molar refractivity (Wildman–Crippen MR) is 120 cm³/mol. The molecule has 0 spiro atoms. The minimum Gasteiger partial charge on any atom is -0.309 e. The number of hydrogen-bond acceptors (Lipinski definition) is 5. The smallest absolute Gasteiger partial charge is 0.257 e. The van der Waals surface area contributed by atoms with Crippen molar-refractivity contribution in [2.75, 3.05) is 31.2 Å². The Kier molecular flexibility index (Phi) is 6.89. The van der Waals surface area contributed by atoms with E-state index in [2.05, 4.69) is 29.0 Å². The fourth-order valence-corrected chi connectivity index (χ4v) is 4.21. The van der Waals surface area contributed by atoms with Crippen LogP contribution in [0.25, 0.3) is 11.0 Å². The first kappa shape index (κ1) is 22.0. The van der Waals surface area contributed by atoms with Crippen LogP contribution in [0, 0.1) is 0 Å². The molecule has 1 N–H and O–H groups in total. The van der Waals surface area contributed by atoms with Crippen LogP contribution < -0.4 is 5.32 Å². The van der Waals surface area contributed by atoms with Crippen molar-refractivity contribution in [1.29, 1.82) is 0 Å². The number of para-hydroxylation sites is 2. The molecule has 0 saturated carbocycles. The highest BCUT2D eigenvalue weighted by atomic mass is 32.2. The number of fused-ring (bicyclic) bond motifs is 1. The summed E-state index contributed by atoms with van der Waals surface area (Å²) >= 11 is 0. The van der Waals surface area contributed by atoms with Gasteiger partial charge in [0, 0.05) is 24.9 Å². The van der Waals surface area contributed by atoms with Crippen LogP contribution in [0.1, 0.15) is 29.8 Å². The lowest BCUT2D eigenvalue weighted by atomic mass is 10.1. The molecule has 0 fully saturated rings. The molecular formula is C22H28N4O3S. The van der Waals surface area contributed by atoms with Crippen molar-refractivity contribution in [1.82, 2.24) is 14.5 Å². The number of rotatable bonds is 9. The van der Waals surface area contributed by atoms with E-state index in [9.17, 15) is 13.2 Å². The second-order valence-electron chi connectivity index (χ2n) is 7.32. The van der Waals surface area contributed by atoms with E-state index in [1.807, 2.05) is 28.8 Å². The third-order valence-corrected chi connectivity index (χ3v) is 5.92. The molecule has 0 aliphatic heterocycles. The molecule has 0 unspecified atom stereocenters. The van der Waals surface area contributed by atoms with Crippen molar-refractivity contribution in [2.45, 2.75) is 26.1 Å². The van der Waals surface area contributed by atoms with Gasteiger partial charge in [-0.05, 0) is 42.9 Å². The fraction of sp³-hybridized carbons (Fsp3) is 0.364. The summed E-state index contributed by atoms with van der Waals surface area (Å²) in [5, 5.41) is 2.92. The zero-order valence-corrected chi connectivity index (χ0v) is 18.4. The van der Waals surface area contributed by atoms with E-state index >= 15 is 0 Å². The number of carbonyl (C=O) groups is 1. The SMILES string of the molecule is CCN(CC)CCn1c(NC(=O)c2ccc(CS(C)(=O)=O)cc2)nc2ccccc21. The molecule has 0 aliphatic rings. The van der Waals surface area contributed by atoms with Gasteiger partial charge >= 0.3 is 0 Å². The number of nitrogens with zero attached hydrogens (tertiary/aromatic N) is 3. The van der Waals surface area contributed by atoms with Crippen molar-refractivity contribution in [3.8, 4) is 0 Å². The summed E-state index contributed by atoms with van der Waals surface area (Å²) < 4.78 is 24.9. The average molecular weight is 429 g/mol. The van der Waals surface area contributed by atoms with E-state index in [4.69, 9.17) is 0 Å². The van der Waals surface area contributed by atoms with E-state index in [-0.39, 0.29) is 11.7 Å². The normalized spacial score (nSPS) is 11.9. The first-order valence-electron chi connectivity index (χ1n) is 10.1. The number of anilines is 1. The number of benzene rings is 2. The molecule has 0 aliphatic carbocycles. The quantitative estimate of drug-likeness (QED) is 0.566. The topological polar surface area (TPSA) is 84.3 Å². The molecule has 1 aromatic heterocycles. The van der Waals surface area contributed by atoms with Crippen LogP contribution in [0.4, 0.5) is 5.95 Å². The molecule has 30 heavy (non-hydrogen) atoms. The number of nitrogens with one attached hydrogen (secondary N) is 1. The number of likely N-dealkylation sites (N-methyl/N-ethyl adjacent to an activating group) is 1. The molecule has 7 nitrogen and oxygen atoms in total. The van der Waals surface area contributed by atoms with Gasteiger partial charge in [-0.1, -0.05) is 38.1 Å². The van der Waals surface area contributed by atoms with Gasteiger partial charge in [-0.25, -0.2) is 13.4 Å². The largest absolute Gasteiger partial charge is 0.309 e. The summed E-state index contributed by atoms with van der Waals surface area (Å²) in [7, 11) is -3.12. The Bertz CT molecular complexity index is 1120. The molecule has 0 bridgehead atoms. The third kappa shape index (κ3) is 5.46. The van der Waals surface area contributed by atoms with Crippen LogP contribution in [0.2, 0.25) is 0 Å². The molecule has 0 saturated heterocycles. The zero-order chi connectivity index (χ0) is 21.7. The molecule has 3 rings (SSSR count). The molecule has 0 atom stereocenters. The minimum absolute atomic E-state index is 0.0456. The van der Waals surface area contributed by atoms with E-state index in [1.54, 1.807) is 24.3 Å². The highest BCUT2D eigenvalue weighted by Gasteiger charge is 2.15. The predicted octanol–water partition coefficient (Wildman–Crippen LogP) is 3.18. The maximum atomic E-state index is 12.8. The summed E-state index contributed by atoms with van der Waals surface area (Å²) in [6.07, 6.45) is 1.19. The van der Waals surface area contributed by atoms with Gasteiger partial charge in [0.2, 0.25) is 5.95 Å². The minimum atomic E-state index is -3.12. The van der Waals surface area contributed by atoms with Gasteiger partial charge in [0.25, 0.3) is 5.91 Å². The summed E-state index contributed by atoms with van der Waals surface area (Å²) in [6.45, 7) is 7.76. The number of amides is 1. The number of imidazole rings is 1. The van der Waals surface area contributed by atoms with Gasteiger partial charge in [-0.2, -0.15) is 0 Å². The first-order chi connectivity index (χ1) is 14.3. The van der Waals surface area contributed by atoms with Crippen LogP contribution >= 0.6 is 0 Å². The maximum absolute atomic E-state index is 12.8. The van der Waals surface area contributed by atoms with Gasteiger partial charge in [-0.3, -0.25) is 10.1 Å². The Labute approximate surface area is 177 Å². The molecular weight excluding hydrogens is 400 g/mol. The molecule has 3 aromatic rings.